The molecule has 2 fully saturated rings. The molecule has 0 radical (unpaired) electrons. The van der Waals surface area contributed by atoms with Crippen molar-refractivity contribution in [1.82, 2.24) is 19.1 Å². The molecule has 7 N–H and O–H groups in total. The van der Waals surface area contributed by atoms with E-state index in [0.717, 1.165) is 0 Å². The predicted molar refractivity (Wildman–Crippen MR) is 133 cm³/mol. The molecule has 0 aromatic carbocycles. The van der Waals surface area contributed by atoms with Crippen LogP contribution in [0, 0.1) is 23.7 Å². The highest BCUT2D eigenvalue weighted by molar-refractivity contribution is 5.48. The van der Waals surface area contributed by atoms with Gasteiger partial charge in [0.15, 0.2) is 0 Å². The molecule has 0 spiro atoms. The minimum absolute atomic E-state index is 0.0628. The van der Waals surface area contributed by atoms with Crippen molar-refractivity contribution in [2.75, 3.05) is 18.9 Å². The molecule has 14 nitrogen and oxygen atoms in total. The van der Waals surface area contributed by atoms with Crippen molar-refractivity contribution >= 4 is 5.82 Å². The molecule has 2 aromatic rings. The first-order chi connectivity index (χ1) is 18.1. The topological polar surface area (TPSA) is 215 Å². The summed E-state index contributed by atoms with van der Waals surface area (Å²) in [6, 6.07) is 0. The Balaban J connectivity index is 0.000000211. The number of ether oxygens (including phenoxy) is 2. The van der Waals surface area contributed by atoms with E-state index in [1.807, 2.05) is 0 Å². The monoisotopic (exact) mass is 531 g/mol. The number of anilines is 1. The largest absolute Gasteiger partial charge is 0.394 e. The lowest BCUT2D eigenvalue weighted by Crippen LogP contribution is -2.33. The van der Waals surface area contributed by atoms with Crippen LogP contribution < -0.4 is 22.7 Å². The molecule has 4 heterocycles. The first kappa shape index (κ1) is 28.8. The highest BCUT2D eigenvalue weighted by atomic mass is 16.5. The number of nitrogen functional groups attached to an aromatic ring is 1. The van der Waals surface area contributed by atoms with Gasteiger partial charge in [-0.2, -0.15) is 4.98 Å². The summed E-state index contributed by atoms with van der Waals surface area (Å²) in [4.78, 5) is 40.8. The summed E-state index contributed by atoms with van der Waals surface area (Å²) in [5.74, 6) is 10.6. The summed E-state index contributed by atoms with van der Waals surface area (Å²) in [5.41, 5.74) is 4.40. The van der Waals surface area contributed by atoms with Crippen molar-refractivity contribution in [2.24, 2.45) is 0 Å². The van der Waals surface area contributed by atoms with E-state index in [2.05, 4.69) is 33.6 Å². The molecule has 2 saturated heterocycles. The van der Waals surface area contributed by atoms with Gasteiger partial charge >= 0.3 is 11.4 Å². The van der Waals surface area contributed by atoms with Crippen molar-refractivity contribution in [3.63, 3.8) is 0 Å². The Kier molecular flexibility index (Phi) is 9.60. The van der Waals surface area contributed by atoms with E-state index in [-0.39, 0.29) is 37.4 Å². The van der Waals surface area contributed by atoms with Crippen molar-refractivity contribution in [3.8, 4) is 23.7 Å². The first-order valence-corrected chi connectivity index (χ1v) is 11.6. The van der Waals surface area contributed by atoms with Crippen molar-refractivity contribution in [2.45, 2.75) is 63.6 Å². The second-order valence-corrected chi connectivity index (χ2v) is 8.42. The van der Waals surface area contributed by atoms with Gasteiger partial charge in [-0.25, -0.2) is 9.59 Å². The van der Waals surface area contributed by atoms with Gasteiger partial charge in [0.25, 0.3) is 5.56 Å². The number of hydrogen-bond donors (Lipinski definition) is 6. The van der Waals surface area contributed by atoms with E-state index in [4.69, 9.17) is 25.4 Å². The van der Waals surface area contributed by atoms with Crippen molar-refractivity contribution < 1.29 is 29.9 Å². The molecule has 14 heteroatoms. The Labute approximate surface area is 216 Å². The van der Waals surface area contributed by atoms with E-state index in [0.29, 0.717) is 5.56 Å². The van der Waals surface area contributed by atoms with Gasteiger partial charge in [-0.15, -0.1) is 11.8 Å². The Hall–Kier alpha value is -3.76. The fraction of sp³-hybridized carbons (Fsp3) is 0.500. The third-order valence-electron chi connectivity index (χ3n) is 5.86. The van der Waals surface area contributed by atoms with Crippen LogP contribution in [0.25, 0.3) is 0 Å². The Bertz CT molecular complexity index is 1440. The fourth-order valence-electron chi connectivity index (χ4n) is 3.94. The van der Waals surface area contributed by atoms with E-state index in [1.165, 1.54) is 21.5 Å². The average Bonchev–Trinajstić information content (AvgIpc) is 3.44. The molecular formula is C24H29N5O9. The predicted octanol–water partition coefficient (Wildman–Crippen LogP) is -2.61. The number of nitrogens with two attached hydrogens (primary N) is 1. The number of nitrogens with one attached hydrogen (secondary N) is 1. The number of H-pyrrole nitrogens is 1. The SMILES string of the molecule is CC#Cc1cn([C@H]2C[C@H](O)[C@@H](CO)O2)c(=O)[nH]c1=O.CC#Cc1cn([C@H]2C[C@H](O)[C@@H](CO)O2)c(=O)nc1N. The molecule has 204 valence electrons. The van der Waals surface area contributed by atoms with Gasteiger partial charge < -0.3 is 35.6 Å². The van der Waals surface area contributed by atoms with Gasteiger partial charge in [0.1, 0.15) is 36.0 Å². The van der Waals surface area contributed by atoms with Crippen LogP contribution >= 0.6 is 0 Å². The molecule has 38 heavy (non-hydrogen) atoms. The van der Waals surface area contributed by atoms with E-state index >= 15 is 0 Å². The van der Waals surface area contributed by atoms with E-state index < -0.39 is 53.8 Å². The van der Waals surface area contributed by atoms with Crippen LogP contribution in [0.2, 0.25) is 0 Å². The smallest absolute Gasteiger partial charge is 0.351 e. The molecule has 6 atom stereocenters. The maximum absolute atomic E-state index is 11.8. The highest BCUT2D eigenvalue weighted by Gasteiger charge is 2.36. The maximum atomic E-state index is 11.8. The number of aliphatic hydroxyl groups excluding tert-OH is 4. The molecular weight excluding hydrogens is 502 g/mol. The Morgan fingerprint density at radius 3 is 1.95 bits per heavy atom. The maximum Gasteiger partial charge on any atom is 0.351 e. The number of aromatic nitrogens is 4. The van der Waals surface area contributed by atoms with Crippen LogP contribution in [-0.2, 0) is 9.47 Å². The molecule has 0 saturated carbocycles. The summed E-state index contributed by atoms with van der Waals surface area (Å²) in [5, 5.41) is 37.3. The van der Waals surface area contributed by atoms with Crippen LogP contribution in [0.3, 0.4) is 0 Å². The number of rotatable bonds is 4. The second kappa shape index (κ2) is 12.7. The average molecular weight is 532 g/mol. The zero-order chi connectivity index (χ0) is 28.0. The first-order valence-electron chi connectivity index (χ1n) is 11.6. The third kappa shape index (κ3) is 6.38. The Morgan fingerprint density at radius 2 is 1.45 bits per heavy atom. The summed E-state index contributed by atoms with van der Waals surface area (Å²) in [7, 11) is 0. The van der Waals surface area contributed by atoms with Crippen molar-refractivity contribution in [1.29, 1.82) is 0 Å². The van der Waals surface area contributed by atoms with Crippen LogP contribution in [0.5, 0.6) is 0 Å². The Morgan fingerprint density at radius 1 is 0.947 bits per heavy atom. The van der Waals surface area contributed by atoms with Crippen LogP contribution in [-0.4, -0.2) is 77.2 Å². The zero-order valence-electron chi connectivity index (χ0n) is 20.7. The molecule has 2 aliphatic rings. The molecule has 2 aromatic heterocycles. The van der Waals surface area contributed by atoms with Gasteiger partial charge in [-0.3, -0.25) is 18.9 Å². The standard InChI is InChI=1S/C12H15N3O4.C12H14N2O5/c1-2-3-7-5-15(12(18)14-11(7)13)10-4-8(17)9(6-16)19-10;1-2-3-7-5-14(12(18)13-11(7)17)10-4-8(16)9(6-15)19-10/h5,8-10,16-17H,4,6H2,1H3,(H2,13,14,18);5,8-10,15-16H,4,6H2,1H3,(H,13,17,18)/t2*8-,9+,10+/m00/s1. The van der Waals surface area contributed by atoms with Gasteiger partial charge in [0.2, 0.25) is 0 Å². The molecule has 0 unspecified atom stereocenters. The highest BCUT2D eigenvalue weighted by Crippen LogP contribution is 2.28. The number of nitrogens with zero attached hydrogens (tertiary/aromatic N) is 3. The number of hydrogen-bond acceptors (Lipinski definition) is 11. The zero-order valence-corrected chi connectivity index (χ0v) is 20.7. The molecule has 2 aliphatic heterocycles. The normalized spacial score (nSPS) is 25.9. The van der Waals surface area contributed by atoms with Crippen molar-refractivity contribution in [3.05, 3.63) is 54.8 Å². The summed E-state index contributed by atoms with van der Waals surface area (Å²) in [6.45, 7) is 2.58. The van der Waals surface area contributed by atoms with Crippen LogP contribution in [0.15, 0.2) is 26.8 Å². The summed E-state index contributed by atoms with van der Waals surface area (Å²) >= 11 is 0. The minimum atomic E-state index is -0.852. The lowest BCUT2D eigenvalue weighted by Gasteiger charge is -2.14. The van der Waals surface area contributed by atoms with Gasteiger partial charge in [0, 0.05) is 25.2 Å². The minimum Gasteiger partial charge on any atom is -0.394 e. The van der Waals surface area contributed by atoms with Gasteiger partial charge in [-0.1, -0.05) is 11.8 Å². The van der Waals surface area contributed by atoms with Crippen LogP contribution in [0.4, 0.5) is 5.82 Å². The molecule has 0 bridgehead atoms. The fourth-order valence-corrected chi connectivity index (χ4v) is 3.94. The molecule has 4 rings (SSSR count). The second-order valence-electron chi connectivity index (χ2n) is 8.42. The lowest BCUT2D eigenvalue weighted by atomic mass is 10.2. The summed E-state index contributed by atoms with van der Waals surface area (Å²) in [6.07, 6.45) is -1.38. The van der Waals surface area contributed by atoms with E-state index in [9.17, 15) is 24.6 Å². The van der Waals surface area contributed by atoms with Gasteiger partial charge in [0.05, 0.1) is 31.0 Å². The van der Waals surface area contributed by atoms with Crippen LogP contribution in [0.1, 0.15) is 50.3 Å². The molecule has 0 aliphatic carbocycles. The quantitative estimate of drug-likeness (QED) is 0.225. The number of aromatic amines is 1. The number of aliphatic hydroxyl groups is 4. The van der Waals surface area contributed by atoms with E-state index in [1.54, 1.807) is 13.8 Å². The molecule has 0 amide bonds. The summed E-state index contributed by atoms with van der Waals surface area (Å²) < 4.78 is 13.1. The lowest BCUT2D eigenvalue weighted by molar-refractivity contribution is -0.0459. The third-order valence-corrected chi connectivity index (χ3v) is 5.86. The van der Waals surface area contributed by atoms with Gasteiger partial charge in [-0.05, 0) is 13.8 Å².